The summed E-state index contributed by atoms with van der Waals surface area (Å²) in [4.78, 5) is 26.1. The molecule has 30 heavy (non-hydrogen) atoms. The highest BCUT2D eigenvalue weighted by Gasteiger charge is 2.56. The second kappa shape index (κ2) is 6.84. The first-order chi connectivity index (χ1) is 14.2. The molecule has 0 radical (unpaired) electrons. The summed E-state index contributed by atoms with van der Waals surface area (Å²) >= 11 is 0. The number of nitrogens with two attached hydrogens (primary N) is 1. The van der Waals surface area contributed by atoms with Gasteiger partial charge in [0.15, 0.2) is 5.69 Å². The van der Waals surface area contributed by atoms with E-state index in [1.807, 2.05) is 6.07 Å². The summed E-state index contributed by atoms with van der Waals surface area (Å²) in [6.07, 6.45) is 1.19. The molecule has 156 valence electrons. The van der Waals surface area contributed by atoms with Crippen molar-refractivity contribution in [1.29, 1.82) is 5.26 Å². The lowest BCUT2D eigenvalue weighted by molar-refractivity contribution is 0.0724. The second-order valence-electron chi connectivity index (χ2n) is 7.59. The fourth-order valence-corrected chi connectivity index (χ4v) is 5.49. The van der Waals surface area contributed by atoms with E-state index in [-0.39, 0.29) is 41.6 Å². The van der Waals surface area contributed by atoms with E-state index in [2.05, 4.69) is 9.82 Å². The van der Waals surface area contributed by atoms with Gasteiger partial charge in [0, 0.05) is 25.7 Å². The van der Waals surface area contributed by atoms with Crippen LogP contribution >= 0.6 is 0 Å². The average Bonchev–Trinajstić information content (AvgIpc) is 3.41. The minimum absolute atomic E-state index is 0.0202. The normalized spacial score (nSPS) is 17.2. The number of hydrogen-bond donors (Lipinski definition) is 2. The van der Waals surface area contributed by atoms with Crippen LogP contribution in [0.15, 0.2) is 24.3 Å². The Labute approximate surface area is 173 Å². The van der Waals surface area contributed by atoms with E-state index in [0.717, 1.165) is 0 Å². The summed E-state index contributed by atoms with van der Waals surface area (Å²) in [6, 6.07) is 8.33. The second-order valence-corrected chi connectivity index (χ2v) is 9.66. The molecule has 1 aromatic carbocycles. The molecule has 1 aliphatic heterocycles. The largest absolute Gasteiger partial charge is 0.364 e. The van der Waals surface area contributed by atoms with Crippen LogP contribution in [-0.4, -0.2) is 52.7 Å². The summed E-state index contributed by atoms with van der Waals surface area (Å²) in [5.41, 5.74) is 6.62. The highest BCUT2D eigenvalue weighted by molar-refractivity contribution is 7.94. The van der Waals surface area contributed by atoms with Crippen LogP contribution in [-0.2, 0) is 23.5 Å². The first-order valence-corrected chi connectivity index (χ1v) is 10.8. The molecule has 3 N–H and O–H groups in total. The van der Waals surface area contributed by atoms with Crippen molar-refractivity contribution in [3.8, 4) is 6.07 Å². The lowest BCUT2D eigenvalue weighted by atomic mass is 10.0. The SMILES string of the molecule is Cn1nc(C(N)=O)c2c1C(=O)N(CC1(S(=O)(=O)Nc3ccccc3C#N)CC1)CC2. The maximum absolute atomic E-state index is 13.1. The predicted octanol–water partition coefficient (Wildman–Crippen LogP) is 0.363. The third-order valence-corrected chi connectivity index (χ3v) is 7.81. The molecule has 2 amide bonds. The Bertz CT molecular complexity index is 1210. The Hall–Kier alpha value is -3.39. The number of nitrogens with one attached hydrogen (secondary N) is 1. The van der Waals surface area contributed by atoms with E-state index in [9.17, 15) is 23.3 Å². The first-order valence-electron chi connectivity index (χ1n) is 9.35. The van der Waals surface area contributed by atoms with Gasteiger partial charge in [0.2, 0.25) is 10.0 Å². The zero-order valence-electron chi connectivity index (χ0n) is 16.3. The molecule has 1 fully saturated rings. The van der Waals surface area contributed by atoms with Crippen LogP contribution in [0, 0.1) is 11.3 Å². The molecule has 11 heteroatoms. The zero-order chi connectivity index (χ0) is 21.7. The van der Waals surface area contributed by atoms with Crippen LogP contribution in [0.2, 0.25) is 0 Å². The molecule has 10 nitrogen and oxygen atoms in total. The maximum atomic E-state index is 13.1. The van der Waals surface area contributed by atoms with Crippen LogP contribution in [0.25, 0.3) is 0 Å². The van der Waals surface area contributed by atoms with E-state index in [1.165, 1.54) is 21.7 Å². The Balaban J connectivity index is 1.58. The zero-order valence-corrected chi connectivity index (χ0v) is 17.1. The molecular formula is C19H20N6O4S. The molecule has 1 saturated carbocycles. The fraction of sp³-hybridized carbons (Fsp3) is 0.368. The van der Waals surface area contributed by atoms with Crippen molar-refractivity contribution in [3.63, 3.8) is 0 Å². The van der Waals surface area contributed by atoms with Crippen molar-refractivity contribution in [3.05, 3.63) is 46.8 Å². The monoisotopic (exact) mass is 428 g/mol. The average molecular weight is 428 g/mol. The van der Waals surface area contributed by atoms with E-state index in [4.69, 9.17) is 5.73 Å². The molecular weight excluding hydrogens is 408 g/mol. The summed E-state index contributed by atoms with van der Waals surface area (Å²) in [5.74, 6) is -1.08. The highest BCUT2D eigenvalue weighted by atomic mass is 32.2. The van der Waals surface area contributed by atoms with Crippen molar-refractivity contribution in [2.45, 2.75) is 24.0 Å². The Morgan fingerprint density at radius 2 is 2.07 bits per heavy atom. The third-order valence-electron chi connectivity index (χ3n) is 5.65. The molecule has 2 heterocycles. The van der Waals surface area contributed by atoms with Crippen LogP contribution < -0.4 is 10.5 Å². The summed E-state index contributed by atoms with van der Waals surface area (Å²) in [6.45, 7) is 0.288. The smallest absolute Gasteiger partial charge is 0.272 e. The predicted molar refractivity (Wildman–Crippen MR) is 107 cm³/mol. The number of fused-ring (bicyclic) bond motifs is 1. The van der Waals surface area contributed by atoms with E-state index in [1.54, 1.807) is 19.2 Å². The standard InChI is InChI=1S/C19H20N6O4S/c1-24-16-13(15(22-24)17(21)26)6-9-25(18(16)27)11-19(7-8-19)30(28,29)23-14-5-3-2-4-12(14)10-20/h2-5,23H,6-9,11H2,1H3,(H2,21,26). The minimum Gasteiger partial charge on any atom is -0.364 e. The van der Waals surface area contributed by atoms with Crippen molar-refractivity contribution >= 4 is 27.5 Å². The number of aromatic nitrogens is 2. The molecule has 0 saturated heterocycles. The van der Waals surface area contributed by atoms with Crippen LogP contribution in [0.4, 0.5) is 5.69 Å². The van der Waals surface area contributed by atoms with E-state index < -0.39 is 20.7 Å². The highest BCUT2D eigenvalue weighted by Crippen LogP contribution is 2.45. The number of rotatable bonds is 6. The Kier molecular flexibility index (Phi) is 4.54. The van der Waals surface area contributed by atoms with Gasteiger partial charge in [-0.05, 0) is 31.4 Å². The van der Waals surface area contributed by atoms with E-state index >= 15 is 0 Å². The number of primary amides is 1. The van der Waals surface area contributed by atoms with Gasteiger partial charge in [0.05, 0.1) is 11.3 Å². The molecule has 0 unspecified atom stereocenters. The van der Waals surface area contributed by atoms with Gasteiger partial charge in [-0.3, -0.25) is 19.0 Å². The van der Waals surface area contributed by atoms with Crippen molar-refractivity contribution in [1.82, 2.24) is 14.7 Å². The molecule has 4 rings (SSSR count). The fourth-order valence-electron chi connectivity index (χ4n) is 3.84. The summed E-state index contributed by atoms with van der Waals surface area (Å²) < 4.78 is 28.9. The molecule has 0 spiro atoms. The molecule has 0 atom stereocenters. The number of carbonyl (C=O) groups excluding carboxylic acids is 2. The van der Waals surface area contributed by atoms with Gasteiger partial charge in [0.25, 0.3) is 11.8 Å². The molecule has 2 aromatic rings. The van der Waals surface area contributed by atoms with Gasteiger partial charge in [-0.15, -0.1) is 0 Å². The first kappa shape index (κ1) is 19.9. The molecule has 0 bridgehead atoms. The maximum Gasteiger partial charge on any atom is 0.272 e. The third kappa shape index (κ3) is 3.09. The molecule has 2 aliphatic rings. The number of carbonyl (C=O) groups is 2. The lowest BCUT2D eigenvalue weighted by Gasteiger charge is -2.31. The Morgan fingerprint density at radius 1 is 1.37 bits per heavy atom. The van der Waals surface area contributed by atoms with Gasteiger partial charge >= 0.3 is 0 Å². The quantitative estimate of drug-likeness (QED) is 0.678. The van der Waals surface area contributed by atoms with Gasteiger partial charge in [0.1, 0.15) is 16.5 Å². The van der Waals surface area contributed by atoms with Crippen LogP contribution in [0.1, 0.15) is 44.9 Å². The number of nitriles is 1. The van der Waals surface area contributed by atoms with Gasteiger partial charge in [-0.25, -0.2) is 8.42 Å². The van der Waals surface area contributed by atoms with Crippen molar-refractivity contribution in [2.75, 3.05) is 17.8 Å². The number of nitrogens with zero attached hydrogens (tertiary/aromatic N) is 4. The summed E-state index contributed by atoms with van der Waals surface area (Å²) in [7, 11) is -2.29. The van der Waals surface area contributed by atoms with E-state index in [0.29, 0.717) is 24.8 Å². The molecule has 1 aromatic heterocycles. The topological polar surface area (TPSA) is 151 Å². The number of benzene rings is 1. The van der Waals surface area contributed by atoms with Gasteiger partial charge in [-0.1, -0.05) is 12.1 Å². The number of aryl methyl sites for hydroxylation is 1. The van der Waals surface area contributed by atoms with Crippen LogP contribution in [0.3, 0.4) is 0 Å². The van der Waals surface area contributed by atoms with Gasteiger partial charge < -0.3 is 10.6 Å². The number of anilines is 1. The lowest BCUT2D eigenvalue weighted by Crippen LogP contribution is -2.47. The Morgan fingerprint density at radius 3 is 2.70 bits per heavy atom. The number of sulfonamides is 1. The minimum atomic E-state index is -3.84. The number of amides is 2. The van der Waals surface area contributed by atoms with Crippen molar-refractivity contribution in [2.24, 2.45) is 12.8 Å². The van der Waals surface area contributed by atoms with Crippen molar-refractivity contribution < 1.29 is 18.0 Å². The number of hydrogen-bond acceptors (Lipinski definition) is 6. The summed E-state index contributed by atoms with van der Waals surface area (Å²) in [5, 5.41) is 13.3. The molecule has 1 aliphatic carbocycles. The van der Waals surface area contributed by atoms with Gasteiger partial charge in [-0.2, -0.15) is 10.4 Å². The number of para-hydroxylation sites is 1. The van der Waals surface area contributed by atoms with Crippen LogP contribution in [0.5, 0.6) is 0 Å².